The van der Waals surface area contributed by atoms with E-state index in [0.29, 0.717) is 0 Å². The normalized spacial score (nSPS) is 10.7. The first kappa shape index (κ1) is 42.7. The predicted octanol–water partition coefficient (Wildman–Crippen LogP) is 1.15. The summed E-state index contributed by atoms with van der Waals surface area (Å²) in [5.41, 5.74) is 0. The Balaban J connectivity index is -0.0000000626. The van der Waals surface area contributed by atoms with Crippen molar-refractivity contribution in [1.29, 1.82) is 0 Å². The summed E-state index contributed by atoms with van der Waals surface area (Å²) >= 11 is 0. The van der Waals surface area contributed by atoms with Crippen molar-refractivity contribution in [3.63, 3.8) is 0 Å². The Morgan fingerprint density at radius 2 is 0.533 bits per heavy atom. The molecule has 0 atom stereocenters. The van der Waals surface area contributed by atoms with E-state index in [9.17, 15) is 19.2 Å². The van der Waals surface area contributed by atoms with Crippen molar-refractivity contribution in [3.05, 3.63) is 47.3 Å². The second-order valence-corrected chi connectivity index (χ2v) is 5.59. The molecule has 0 aromatic carbocycles. The van der Waals surface area contributed by atoms with Gasteiger partial charge in [-0.25, -0.2) is 0 Å². The quantitative estimate of drug-likeness (QED) is 0.233. The molecular weight excluding hydrogens is 514 g/mol. The molecule has 0 saturated carbocycles. The molecular formula is C20H32LaLiO8+. The molecule has 0 aliphatic rings. The molecule has 0 aromatic rings. The second kappa shape index (κ2) is 27.6. The smallest absolute Gasteiger partial charge is 0.512 e. The van der Waals surface area contributed by atoms with Gasteiger partial charge in [-0.3, -0.25) is 19.2 Å². The maximum absolute atomic E-state index is 10.0. The Kier molecular flexibility index (Phi) is 39.3. The van der Waals surface area contributed by atoms with Crippen molar-refractivity contribution >= 4 is 23.1 Å². The van der Waals surface area contributed by atoms with Crippen LogP contribution in [0.2, 0.25) is 0 Å². The monoisotopic (exact) mass is 546 g/mol. The van der Waals surface area contributed by atoms with E-state index in [1.54, 1.807) is 0 Å². The number of rotatable bonds is 4. The molecule has 1 radical (unpaired) electrons. The van der Waals surface area contributed by atoms with E-state index >= 15 is 0 Å². The van der Waals surface area contributed by atoms with Gasteiger partial charge in [-0.2, -0.15) is 0 Å². The summed E-state index contributed by atoms with van der Waals surface area (Å²) in [6, 6.07) is 0. The fourth-order valence-corrected chi connectivity index (χ4v) is 1.18. The Morgan fingerprint density at radius 1 is 0.433 bits per heavy atom. The standard InChI is InChI=1S/4C5H8O2.La.Li/c4*1-4(6)3-5(2)7;;/h4*3,6H,1-2H3;;/q;;;;;+1/b4*4-3-;;. The third-order valence-electron chi connectivity index (χ3n) is 1.65. The summed E-state index contributed by atoms with van der Waals surface area (Å²) in [6.07, 6.45) is 4.67. The molecule has 0 unspecified atom stereocenters. The summed E-state index contributed by atoms with van der Waals surface area (Å²) in [5, 5.41) is 33.5. The Hall–Kier alpha value is -1.37. The summed E-state index contributed by atoms with van der Waals surface area (Å²) in [7, 11) is 0. The van der Waals surface area contributed by atoms with Crippen molar-refractivity contribution in [2.24, 2.45) is 0 Å². The van der Waals surface area contributed by atoms with Gasteiger partial charge in [-0.15, -0.1) is 0 Å². The first-order valence-electron chi connectivity index (χ1n) is 8.02. The van der Waals surface area contributed by atoms with Crippen LogP contribution < -0.4 is 18.9 Å². The van der Waals surface area contributed by atoms with Gasteiger partial charge in [-0.1, -0.05) is 0 Å². The van der Waals surface area contributed by atoms with Crippen LogP contribution in [0.1, 0.15) is 55.4 Å². The maximum Gasteiger partial charge on any atom is 1.00 e. The molecule has 0 fully saturated rings. The van der Waals surface area contributed by atoms with E-state index in [0.717, 1.165) is 0 Å². The van der Waals surface area contributed by atoms with Crippen LogP contribution in [-0.2, 0) is 19.2 Å². The molecule has 0 bridgehead atoms. The van der Waals surface area contributed by atoms with Crippen molar-refractivity contribution in [1.82, 2.24) is 0 Å². The van der Waals surface area contributed by atoms with E-state index in [1.807, 2.05) is 0 Å². The molecule has 4 N–H and O–H groups in total. The molecule has 0 saturated heterocycles. The number of hydrogen-bond acceptors (Lipinski definition) is 8. The molecule has 0 heterocycles. The molecule has 0 amide bonds. The van der Waals surface area contributed by atoms with Crippen molar-refractivity contribution in [2.45, 2.75) is 55.4 Å². The zero-order valence-electron chi connectivity index (χ0n) is 19.3. The van der Waals surface area contributed by atoms with Crippen LogP contribution >= 0.6 is 0 Å². The maximum atomic E-state index is 10.0. The van der Waals surface area contributed by atoms with E-state index in [2.05, 4.69) is 0 Å². The second-order valence-electron chi connectivity index (χ2n) is 5.59. The number of aliphatic hydroxyl groups excluding tert-OH is 4. The zero-order chi connectivity index (χ0) is 23.4. The van der Waals surface area contributed by atoms with Gasteiger partial charge in [0.15, 0.2) is 23.1 Å². The summed E-state index contributed by atoms with van der Waals surface area (Å²) in [5.74, 6) is -0.250. The van der Waals surface area contributed by atoms with Crippen LogP contribution in [0.4, 0.5) is 0 Å². The van der Waals surface area contributed by atoms with Crippen LogP contribution in [0.3, 0.4) is 0 Å². The van der Waals surface area contributed by atoms with Crippen molar-refractivity contribution in [3.8, 4) is 0 Å². The van der Waals surface area contributed by atoms with Gasteiger partial charge in [0, 0.05) is 59.9 Å². The van der Waals surface area contributed by atoms with Crippen LogP contribution in [0.5, 0.6) is 0 Å². The molecule has 0 aromatic heterocycles. The fourth-order valence-electron chi connectivity index (χ4n) is 1.18. The van der Waals surface area contributed by atoms with Gasteiger partial charge in [0.05, 0.1) is 23.0 Å². The van der Waals surface area contributed by atoms with Crippen LogP contribution in [-0.4, -0.2) is 43.6 Å². The number of carbonyl (C=O) groups is 4. The molecule has 0 aliphatic heterocycles. The minimum Gasteiger partial charge on any atom is -0.512 e. The minimum atomic E-state index is -0.125. The minimum absolute atomic E-state index is 0. The van der Waals surface area contributed by atoms with Crippen LogP contribution in [0.25, 0.3) is 0 Å². The molecule has 0 spiro atoms. The van der Waals surface area contributed by atoms with Crippen LogP contribution in [0.15, 0.2) is 47.3 Å². The number of aliphatic hydroxyl groups is 4. The number of ketones is 4. The molecule has 30 heavy (non-hydrogen) atoms. The topological polar surface area (TPSA) is 149 Å². The Morgan fingerprint density at radius 3 is 0.533 bits per heavy atom. The third kappa shape index (κ3) is 81.7. The Labute approximate surface area is 218 Å². The number of hydrogen-bond donors (Lipinski definition) is 4. The number of carbonyl (C=O) groups excluding carboxylic acids is 4. The first-order chi connectivity index (χ1) is 12.5. The predicted molar refractivity (Wildman–Crippen MR) is 108 cm³/mol. The summed E-state index contributed by atoms with van der Waals surface area (Å²) < 4.78 is 0. The molecule has 8 nitrogen and oxygen atoms in total. The fraction of sp³-hybridized carbons (Fsp3) is 0.400. The Bertz CT molecular complexity index is 519. The van der Waals surface area contributed by atoms with E-state index in [-0.39, 0.29) is 101 Å². The SMILES string of the molecule is CC(=O)/C=C(/C)O.CC(=O)/C=C(/C)O.CC(=O)/C=C(/C)O.CC(=O)/C=C(/C)O.[La].[Li+]. The van der Waals surface area contributed by atoms with E-state index in [4.69, 9.17) is 20.4 Å². The summed E-state index contributed by atoms with van der Waals surface area (Å²) in [6.45, 7) is 11.4. The van der Waals surface area contributed by atoms with E-state index in [1.165, 1.54) is 79.7 Å². The van der Waals surface area contributed by atoms with Gasteiger partial charge in [0.1, 0.15) is 0 Å². The average molecular weight is 546 g/mol. The average Bonchev–Trinajstić information content (AvgIpc) is 2.32. The van der Waals surface area contributed by atoms with Gasteiger partial charge in [0.2, 0.25) is 0 Å². The molecule has 0 aliphatic carbocycles. The third-order valence-corrected chi connectivity index (χ3v) is 1.65. The molecule has 10 heteroatoms. The molecule has 163 valence electrons. The molecule has 0 rings (SSSR count). The first-order valence-corrected chi connectivity index (χ1v) is 8.02. The van der Waals surface area contributed by atoms with Crippen molar-refractivity contribution in [2.75, 3.05) is 0 Å². The van der Waals surface area contributed by atoms with Gasteiger partial charge >= 0.3 is 18.9 Å². The van der Waals surface area contributed by atoms with Crippen molar-refractivity contribution < 1.29 is 94.1 Å². The summed E-state index contributed by atoms with van der Waals surface area (Å²) in [4.78, 5) is 40.1. The van der Waals surface area contributed by atoms with Gasteiger partial charge in [0.25, 0.3) is 0 Å². The van der Waals surface area contributed by atoms with Gasteiger partial charge < -0.3 is 20.4 Å². The van der Waals surface area contributed by atoms with Crippen LogP contribution in [0, 0.1) is 35.6 Å². The zero-order valence-corrected chi connectivity index (χ0v) is 22.9. The number of allylic oxidation sites excluding steroid dienone is 8. The van der Waals surface area contributed by atoms with E-state index < -0.39 is 0 Å². The van der Waals surface area contributed by atoms with Gasteiger partial charge in [-0.05, 0) is 55.4 Å². The largest absolute Gasteiger partial charge is 1.00 e.